The molecule has 2 N–H and O–H groups in total. The fourth-order valence-electron chi connectivity index (χ4n) is 2.73. The number of hydrogen-bond donors (Lipinski definition) is 1. The van der Waals surface area contributed by atoms with E-state index in [1.807, 2.05) is 4.57 Å². The number of nitrogens with two attached hydrogens (primary N) is 1. The summed E-state index contributed by atoms with van der Waals surface area (Å²) in [6.45, 7) is 3.30. The molecule has 0 saturated carbocycles. The molecule has 1 aliphatic rings. The first-order valence-electron chi connectivity index (χ1n) is 6.72. The Morgan fingerprint density at radius 1 is 1.29 bits per heavy atom. The van der Waals surface area contributed by atoms with Crippen LogP contribution in [0.2, 0.25) is 0 Å². The van der Waals surface area contributed by atoms with E-state index in [4.69, 9.17) is 5.73 Å². The summed E-state index contributed by atoms with van der Waals surface area (Å²) in [5.74, 6) is 0. The maximum absolute atomic E-state index is 12.3. The van der Waals surface area contributed by atoms with E-state index >= 15 is 0 Å². The van der Waals surface area contributed by atoms with Crippen LogP contribution in [0.5, 0.6) is 0 Å². The molecule has 0 spiro atoms. The van der Waals surface area contributed by atoms with Gasteiger partial charge in [0.25, 0.3) is 5.56 Å². The molecule has 3 heteroatoms. The van der Waals surface area contributed by atoms with Gasteiger partial charge in [0, 0.05) is 24.3 Å². The monoisotopic (exact) mass is 234 g/mol. The molecule has 0 aromatic carbocycles. The van der Waals surface area contributed by atoms with Gasteiger partial charge in [-0.3, -0.25) is 4.79 Å². The average molecular weight is 234 g/mol. The molecular weight excluding hydrogens is 212 g/mol. The van der Waals surface area contributed by atoms with Crippen LogP contribution in [-0.2, 0) is 25.9 Å². The van der Waals surface area contributed by atoms with Crippen molar-refractivity contribution in [3.8, 4) is 0 Å². The van der Waals surface area contributed by atoms with Crippen molar-refractivity contribution >= 4 is 0 Å². The molecule has 0 fully saturated rings. The van der Waals surface area contributed by atoms with E-state index < -0.39 is 0 Å². The normalized spacial score (nSPS) is 15.4. The molecule has 0 aliphatic heterocycles. The molecule has 0 bridgehead atoms. The molecule has 0 amide bonds. The zero-order chi connectivity index (χ0) is 12.3. The molecule has 17 heavy (non-hydrogen) atoms. The van der Waals surface area contributed by atoms with E-state index in [0.717, 1.165) is 31.4 Å². The zero-order valence-electron chi connectivity index (χ0n) is 10.7. The minimum absolute atomic E-state index is 0.134. The lowest BCUT2D eigenvalue weighted by atomic mass is 10.1. The van der Waals surface area contributed by atoms with Crippen molar-refractivity contribution in [1.82, 2.24) is 4.57 Å². The Balaban J connectivity index is 2.56. The van der Waals surface area contributed by atoms with Crippen LogP contribution in [-0.4, -0.2) is 4.57 Å². The second-order valence-corrected chi connectivity index (χ2v) is 4.86. The Labute approximate surface area is 103 Å². The van der Waals surface area contributed by atoms with E-state index in [9.17, 15) is 4.79 Å². The quantitative estimate of drug-likeness (QED) is 0.813. The number of nitrogens with zero attached hydrogens (tertiary/aromatic N) is 1. The van der Waals surface area contributed by atoms with Crippen molar-refractivity contribution in [3.63, 3.8) is 0 Å². The van der Waals surface area contributed by atoms with E-state index in [-0.39, 0.29) is 5.56 Å². The predicted molar refractivity (Wildman–Crippen MR) is 70.1 cm³/mol. The average Bonchev–Trinajstić information content (AvgIpc) is 2.57. The Morgan fingerprint density at radius 3 is 2.76 bits per heavy atom. The number of aryl methyl sites for hydroxylation is 1. The highest BCUT2D eigenvalue weighted by Crippen LogP contribution is 2.20. The minimum Gasteiger partial charge on any atom is -0.326 e. The third kappa shape index (κ3) is 2.44. The summed E-state index contributed by atoms with van der Waals surface area (Å²) >= 11 is 0. The maximum Gasteiger partial charge on any atom is 0.255 e. The van der Waals surface area contributed by atoms with E-state index in [1.165, 1.54) is 30.5 Å². The highest BCUT2D eigenvalue weighted by Gasteiger charge is 2.15. The third-order valence-corrected chi connectivity index (χ3v) is 3.59. The Bertz CT molecular complexity index is 448. The van der Waals surface area contributed by atoms with Gasteiger partial charge in [-0.2, -0.15) is 0 Å². The fraction of sp³-hybridized carbons (Fsp3) is 0.643. The summed E-state index contributed by atoms with van der Waals surface area (Å²) in [4.78, 5) is 12.3. The molecule has 3 nitrogen and oxygen atoms in total. The molecule has 0 radical (unpaired) electrons. The van der Waals surface area contributed by atoms with Crippen LogP contribution in [0.1, 0.15) is 49.4 Å². The van der Waals surface area contributed by atoms with Crippen LogP contribution < -0.4 is 11.3 Å². The van der Waals surface area contributed by atoms with Crippen LogP contribution >= 0.6 is 0 Å². The summed E-state index contributed by atoms with van der Waals surface area (Å²) in [5.41, 5.74) is 9.21. The van der Waals surface area contributed by atoms with Crippen molar-refractivity contribution in [2.75, 3.05) is 0 Å². The van der Waals surface area contributed by atoms with Gasteiger partial charge in [-0.15, -0.1) is 0 Å². The number of fused-ring (bicyclic) bond motifs is 1. The van der Waals surface area contributed by atoms with Gasteiger partial charge < -0.3 is 10.3 Å². The first kappa shape index (κ1) is 12.4. The van der Waals surface area contributed by atoms with Crippen molar-refractivity contribution < 1.29 is 0 Å². The summed E-state index contributed by atoms with van der Waals surface area (Å²) in [6.07, 6.45) is 6.87. The molecule has 0 unspecified atom stereocenters. The summed E-state index contributed by atoms with van der Waals surface area (Å²) < 4.78 is 1.98. The van der Waals surface area contributed by atoms with Gasteiger partial charge in [-0.25, -0.2) is 0 Å². The Hall–Kier alpha value is -1.09. The molecule has 0 atom stereocenters. The van der Waals surface area contributed by atoms with E-state index in [2.05, 4.69) is 13.0 Å². The molecule has 1 aliphatic carbocycles. The smallest absolute Gasteiger partial charge is 0.255 e. The lowest BCUT2D eigenvalue weighted by Gasteiger charge is -2.16. The summed E-state index contributed by atoms with van der Waals surface area (Å²) in [7, 11) is 0. The minimum atomic E-state index is 0.134. The number of rotatable bonds is 3. The van der Waals surface area contributed by atoms with Crippen molar-refractivity contribution in [2.24, 2.45) is 5.73 Å². The van der Waals surface area contributed by atoms with Gasteiger partial charge in [-0.1, -0.05) is 13.3 Å². The van der Waals surface area contributed by atoms with Gasteiger partial charge in [0.05, 0.1) is 0 Å². The second-order valence-electron chi connectivity index (χ2n) is 4.86. The largest absolute Gasteiger partial charge is 0.326 e. The van der Waals surface area contributed by atoms with Crippen LogP contribution in [0.3, 0.4) is 0 Å². The van der Waals surface area contributed by atoms with Crippen LogP contribution in [0.4, 0.5) is 0 Å². The third-order valence-electron chi connectivity index (χ3n) is 3.59. The highest BCUT2D eigenvalue weighted by atomic mass is 16.1. The molecule has 0 saturated heterocycles. The van der Waals surface area contributed by atoms with E-state index in [1.54, 1.807) is 0 Å². The van der Waals surface area contributed by atoms with Crippen LogP contribution in [0.25, 0.3) is 0 Å². The molecule has 94 valence electrons. The molecule has 1 aromatic rings. The molecular formula is C14H22N2O. The van der Waals surface area contributed by atoms with Gasteiger partial charge in [-0.05, 0) is 43.7 Å². The van der Waals surface area contributed by atoms with Gasteiger partial charge in [0.1, 0.15) is 0 Å². The lowest BCUT2D eigenvalue weighted by Crippen LogP contribution is -2.29. The Kier molecular flexibility index (Phi) is 4.00. The molecule has 1 heterocycles. The van der Waals surface area contributed by atoms with Gasteiger partial charge in [0.2, 0.25) is 0 Å². The summed E-state index contributed by atoms with van der Waals surface area (Å²) in [6, 6.07) is 2.05. The number of aromatic nitrogens is 1. The predicted octanol–water partition coefficient (Wildman–Crippen LogP) is 1.99. The SMILES string of the molecule is CCCn1c2c(cc(CN)c1=O)CCCCC2. The first-order valence-corrected chi connectivity index (χ1v) is 6.72. The van der Waals surface area contributed by atoms with Crippen LogP contribution in [0.15, 0.2) is 10.9 Å². The van der Waals surface area contributed by atoms with Crippen molar-refractivity contribution in [2.45, 2.75) is 58.5 Å². The Morgan fingerprint density at radius 2 is 2.06 bits per heavy atom. The van der Waals surface area contributed by atoms with Crippen molar-refractivity contribution in [1.29, 1.82) is 0 Å². The lowest BCUT2D eigenvalue weighted by molar-refractivity contribution is 0.600. The maximum atomic E-state index is 12.3. The van der Waals surface area contributed by atoms with Crippen molar-refractivity contribution in [3.05, 3.63) is 33.2 Å². The molecule has 2 rings (SSSR count). The fourth-order valence-corrected chi connectivity index (χ4v) is 2.73. The number of pyridine rings is 1. The van der Waals surface area contributed by atoms with Crippen LogP contribution in [0, 0.1) is 0 Å². The topological polar surface area (TPSA) is 48.0 Å². The number of hydrogen-bond acceptors (Lipinski definition) is 2. The van der Waals surface area contributed by atoms with E-state index in [0.29, 0.717) is 6.54 Å². The second kappa shape index (κ2) is 5.50. The first-order chi connectivity index (χ1) is 8.27. The summed E-state index contributed by atoms with van der Waals surface area (Å²) in [5, 5.41) is 0. The van der Waals surface area contributed by atoms with Gasteiger partial charge in [0.15, 0.2) is 0 Å². The highest BCUT2D eigenvalue weighted by molar-refractivity contribution is 5.28. The molecule has 1 aromatic heterocycles. The zero-order valence-corrected chi connectivity index (χ0v) is 10.7. The van der Waals surface area contributed by atoms with Gasteiger partial charge >= 0.3 is 0 Å². The standard InChI is InChI=1S/C14H22N2O/c1-2-8-16-13-7-5-3-4-6-11(13)9-12(10-15)14(16)17/h9H,2-8,10,15H2,1H3.